The minimum atomic E-state index is -3.29. The van der Waals surface area contributed by atoms with Gasteiger partial charge in [0.05, 0.1) is 4.99 Å². The van der Waals surface area contributed by atoms with Crippen molar-refractivity contribution in [2.75, 3.05) is 24.3 Å². The number of thioether (sulfide) groups is 1. The molecule has 0 aliphatic carbocycles. The molecule has 4 nitrogen and oxygen atoms in total. The number of rotatable bonds is 4. The molecule has 0 amide bonds. The van der Waals surface area contributed by atoms with E-state index in [1.165, 1.54) is 4.31 Å². The Labute approximate surface area is 94.3 Å². The van der Waals surface area contributed by atoms with Crippen molar-refractivity contribution in [3.05, 3.63) is 0 Å². The number of nitrogens with two attached hydrogens (primary N) is 1. The van der Waals surface area contributed by atoms with Crippen molar-refractivity contribution in [3.63, 3.8) is 0 Å². The molecule has 7 heteroatoms. The van der Waals surface area contributed by atoms with Crippen LogP contribution in [0.1, 0.15) is 6.42 Å². The molecule has 1 unspecified atom stereocenters. The van der Waals surface area contributed by atoms with Gasteiger partial charge in [-0.3, -0.25) is 0 Å². The molecule has 0 radical (unpaired) electrons. The van der Waals surface area contributed by atoms with Gasteiger partial charge in [0.2, 0.25) is 10.0 Å². The first-order chi connectivity index (χ1) is 6.43. The Morgan fingerprint density at radius 2 is 2.36 bits per heavy atom. The molecule has 0 aromatic rings. The minimum Gasteiger partial charge on any atom is -0.392 e. The van der Waals surface area contributed by atoms with E-state index in [0.717, 1.165) is 17.9 Å². The first-order valence-electron chi connectivity index (χ1n) is 4.25. The maximum Gasteiger partial charge on any atom is 0.220 e. The van der Waals surface area contributed by atoms with Gasteiger partial charge >= 0.3 is 0 Å². The fraction of sp³-hybridized carbons (Fsp3) is 0.857. The van der Waals surface area contributed by atoms with E-state index >= 15 is 0 Å². The van der Waals surface area contributed by atoms with Crippen molar-refractivity contribution < 1.29 is 8.42 Å². The Kier molecular flexibility index (Phi) is 4.17. The largest absolute Gasteiger partial charge is 0.392 e. The quantitative estimate of drug-likeness (QED) is 0.718. The van der Waals surface area contributed by atoms with Gasteiger partial charge < -0.3 is 5.73 Å². The van der Waals surface area contributed by atoms with Crippen LogP contribution in [0.5, 0.6) is 0 Å². The Morgan fingerprint density at radius 3 is 2.79 bits per heavy atom. The average Bonchev–Trinajstić information content (AvgIpc) is 2.51. The topological polar surface area (TPSA) is 63.4 Å². The molecule has 82 valence electrons. The first-order valence-corrected chi connectivity index (χ1v) is 7.42. The summed E-state index contributed by atoms with van der Waals surface area (Å²) in [7, 11) is -1.69. The van der Waals surface area contributed by atoms with E-state index in [1.807, 2.05) is 0 Å². The SMILES string of the molecule is CN(C1CCSC1)S(=O)(=O)CC(N)=S. The summed E-state index contributed by atoms with van der Waals surface area (Å²) in [6, 6.07) is 0.111. The number of hydrogen-bond donors (Lipinski definition) is 1. The van der Waals surface area contributed by atoms with E-state index < -0.39 is 10.0 Å². The van der Waals surface area contributed by atoms with Crippen LogP contribution >= 0.6 is 24.0 Å². The molecule has 1 aliphatic heterocycles. The summed E-state index contributed by atoms with van der Waals surface area (Å²) in [6.45, 7) is 0. The zero-order valence-corrected chi connectivity index (χ0v) is 10.4. The summed E-state index contributed by atoms with van der Waals surface area (Å²) in [6.07, 6.45) is 0.914. The van der Waals surface area contributed by atoms with E-state index in [2.05, 4.69) is 12.2 Å². The average molecular weight is 254 g/mol. The molecule has 0 spiro atoms. The highest BCUT2D eigenvalue weighted by Gasteiger charge is 2.29. The predicted molar refractivity (Wildman–Crippen MR) is 64.1 cm³/mol. The Hall–Kier alpha value is 0.150. The second-order valence-corrected chi connectivity index (χ2v) is 6.96. The van der Waals surface area contributed by atoms with Crippen LogP contribution in [-0.2, 0) is 10.0 Å². The smallest absolute Gasteiger partial charge is 0.220 e. The zero-order valence-electron chi connectivity index (χ0n) is 7.97. The summed E-state index contributed by atoms with van der Waals surface area (Å²) in [5, 5.41) is 0. The molecule has 1 rings (SSSR count). The van der Waals surface area contributed by atoms with Crippen LogP contribution in [0.15, 0.2) is 0 Å². The maximum atomic E-state index is 11.7. The predicted octanol–water partition coefficient (Wildman–Crippen LogP) is 0.0396. The molecule has 14 heavy (non-hydrogen) atoms. The lowest BCUT2D eigenvalue weighted by Crippen LogP contribution is -2.40. The van der Waals surface area contributed by atoms with E-state index in [9.17, 15) is 8.42 Å². The molecule has 0 aromatic heterocycles. The van der Waals surface area contributed by atoms with Crippen molar-refractivity contribution in [1.29, 1.82) is 0 Å². The standard InChI is InChI=1S/C7H14N2O2S3/c1-9(6-2-3-13-4-6)14(10,11)5-7(8)12/h6H,2-5H2,1H3,(H2,8,12). The Balaban J connectivity index is 2.66. The number of nitrogens with zero attached hydrogens (tertiary/aromatic N) is 1. The fourth-order valence-electron chi connectivity index (χ4n) is 1.32. The monoisotopic (exact) mass is 254 g/mol. The van der Waals surface area contributed by atoms with Gasteiger partial charge in [0.15, 0.2) is 0 Å². The first kappa shape index (κ1) is 12.2. The van der Waals surface area contributed by atoms with Crippen LogP contribution < -0.4 is 5.73 Å². The van der Waals surface area contributed by atoms with E-state index in [-0.39, 0.29) is 16.8 Å². The third-order valence-corrected chi connectivity index (χ3v) is 5.51. The van der Waals surface area contributed by atoms with Gasteiger partial charge in [-0.1, -0.05) is 12.2 Å². The Morgan fingerprint density at radius 1 is 1.71 bits per heavy atom. The summed E-state index contributed by atoms with van der Waals surface area (Å²) in [4.78, 5) is 0.0301. The van der Waals surface area contributed by atoms with Gasteiger partial charge in [0.25, 0.3) is 0 Å². The summed E-state index contributed by atoms with van der Waals surface area (Å²) >= 11 is 6.38. The lowest BCUT2D eigenvalue weighted by Gasteiger charge is -2.22. The molecule has 2 N–H and O–H groups in total. The summed E-state index contributed by atoms with van der Waals surface area (Å²) < 4.78 is 24.8. The molecular weight excluding hydrogens is 240 g/mol. The third-order valence-electron chi connectivity index (χ3n) is 2.18. The molecule has 0 bridgehead atoms. The molecule has 1 aliphatic rings. The number of hydrogen-bond acceptors (Lipinski definition) is 4. The highest BCUT2D eigenvalue weighted by Crippen LogP contribution is 2.23. The highest BCUT2D eigenvalue weighted by molar-refractivity contribution is 7.99. The van der Waals surface area contributed by atoms with Gasteiger partial charge in [0.1, 0.15) is 5.75 Å². The third kappa shape index (κ3) is 3.08. The van der Waals surface area contributed by atoms with E-state index in [4.69, 9.17) is 5.73 Å². The van der Waals surface area contributed by atoms with Crippen LogP contribution in [0.4, 0.5) is 0 Å². The van der Waals surface area contributed by atoms with Crippen molar-refractivity contribution in [2.24, 2.45) is 5.73 Å². The minimum absolute atomic E-state index is 0.0301. The van der Waals surface area contributed by atoms with Crippen molar-refractivity contribution in [2.45, 2.75) is 12.5 Å². The molecular formula is C7H14N2O2S3. The van der Waals surface area contributed by atoms with Crippen molar-refractivity contribution in [1.82, 2.24) is 4.31 Å². The van der Waals surface area contributed by atoms with Crippen molar-refractivity contribution >= 4 is 39.0 Å². The maximum absolute atomic E-state index is 11.7. The van der Waals surface area contributed by atoms with Gasteiger partial charge in [-0.05, 0) is 12.2 Å². The van der Waals surface area contributed by atoms with Gasteiger partial charge in [-0.15, -0.1) is 0 Å². The van der Waals surface area contributed by atoms with Crippen molar-refractivity contribution in [3.8, 4) is 0 Å². The van der Waals surface area contributed by atoms with Gasteiger partial charge in [-0.2, -0.15) is 11.8 Å². The van der Waals surface area contributed by atoms with E-state index in [0.29, 0.717) is 0 Å². The molecule has 0 saturated carbocycles. The molecule has 1 saturated heterocycles. The lowest BCUT2D eigenvalue weighted by atomic mass is 10.3. The number of sulfonamides is 1. The zero-order chi connectivity index (χ0) is 10.8. The number of thiocarbonyl (C=S) groups is 1. The second-order valence-electron chi connectivity index (χ2n) is 3.26. The van der Waals surface area contributed by atoms with Gasteiger partial charge in [0, 0.05) is 18.8 Å². The van der Waals surface area contributed by atoms with Gasteiger partial charge in [-0.25, -0.2) is 12.7 Å². The molecule has 1 atom stereocenters. The van der Waals surface area contributed by atoms with Crippen LogP contribution in [-0.4, -0.2) is 48.1 Å². The lowest BCUT2D eigenvalue weighted by molar-refractivity contribution is 0.397. The summed E-state index contributed by atoms with van der Waals surface area (Å²) in [5.74, 6) is 1.67. The highest BCUT2D eigenvalue weighted by atomic mass is 32.2. The van der Waals surface area contributed by atoms with E-state index in [1.54, 1.807) is 18.8 Å². The Bertz CT molecular complexity index is 309. The van der Waals surface area contributed by atoms with Crippen LogP contribution in [0, 0.1) is 0 Å². The molecule has 0 aromatic carbocycles. The molecule has 1 fully saturated rings. The van der Waals surface area contributed by atoms with Crippen LogP contribution in [0.25, 0.3) is 0 Å². The van der Waals surface area contributed by atoms with Crippen LogP contribution in [0.3, 0.4) is 0 Å². The normalized spacial score (nSPS) is 22.9. The fourth-order valence-corrected chi connectivity index (χ4v) is 4.32. The van der Waals surface area contributed by atoms with Crippen LogP contribution in [0.2, 0.25) is 0 Å². The second kappa shape index (κ2) is 4.78. The summed E-state index contributed by atoms with van der Waals surface area (Å²) in [5.41, 5.74) is 5.24. The molecule has 1 heterocycles.